The molecular formula is C10H20. The van der Waals surface area contributed by atoms with Crippen LogP contribution in [-0.2, 0) is 0 Å². The van der Waals surface area contributed by atoms with Gasteiger partial charge in [-0.1, -0.05) is 40.0 Å². The van der Waals surface area contributed by atoms with Crippen LogP contribution in [-0.4, -0.2) is 0 Å². The molecule has 1 unspecified atom stereocenters. The Bertz CT molecular complexity index is 103. The minimum atomic E-state index is 0.644. The molecule has 1 rings (SSSR count). The van der Waals surface area contributed by atoms with Crippen LogP contribution in [0.1, 0.15) is 52.9 Å². The lowest BCUT2D eigenvalue weighted by Crippen LogP contribution is -2.08. The largest absolute Gasteiger partial charge is 0.0625 e. The molecule has 0 spiro atoms. The first-order valence-corrected chi connectivity index (χ1v) is 4.60. The van der Waals surface area contributed by atoms with Crippen molar-refractivity contribution in [3.05, 3.63) is 0 Å². The van der Waals surface area contributed by atoms with Crippen LogP contribution in [0.4, 0.5) is 0 Å². The zero-order valence-corrected chi connectivity index (χ0v) is 7.61. The molecule has 0 aromatic heterocycles. The second-order valence-electron chi connectivity index (χ2n) is 4.70. The highest BCUT2D eigenvalue weighted by molar-refractivity contribution is 4.74. The molecule has 1 atom stereocenters. The van der Waals surface area contributed by atoms with Crippen LogP contribution >= 0.6 is 0 Å². The van der Waals surface area contributed by atoms with E-state index in [1.54, 1.807) is 0 Å². The van der Waals surface area contributed by atoms with Crippen molar-refractivity contribution in [2.75, 3.05) is 0 Å². The van der Waals surface area contributed by atoms with Crippen molar-refractivity contribution in [2.45, 2.75) is 52.9 Å². The first-order valence-electron chi connectivity index (χ1n) is 4.60. The fourth-order valence-electron chi connectivity index (χ4n) is 1.84. The van der Waals surface area contributed by atoms with Crippen LogP contribution in [0.25, 0.3) is 0 Å². The molecular weight excluding hydrogens is 120 g/mol. The van der Waals surface area contributed by atoms with E-state index in [1.165, 1.54) is 32.1 Å². The fourth-order valence-corrected chi connectivity index (χ4v) is 1.84. The molecule has 0 heteroatoms. The fraction of sp³-hybridized carbons (Fsp3) is 1.00. The highest BCUT2D eigenvalue weighted by atomic mass is 14.3. The highest BCUT2D eigenvalue weighted by Gasteiger charge is 2.21. The minimum absolute atomic E-state index is 0.644. The number of hydrogen-bond acceptors (Lipinski definition) is 0. The molecule has 1 aliphatic rings. The van der Waals surface area contributed by atoms with Gasteiger partial charge in [0.15, 0.2) is 0 Å². The van der Waals surface area contributed by atoms with E-state index in [0.717, 1.165) is 5.92 Å². The van der Waals surface area contributed by atoms with Crippen LogP contribution < -0.4 is 0 Å². The molecule has 10 heavy (non-hydrogen) atoms. The lowest BCUT2D eigenvalue weighted by Gasteiger charge is -2.21. The smallest absolute Gasteiger partial charge is 0.0354 e. The van der Waals surface area contributed by atoms with Crippen molar-refractivity contribution >= 4 is 0 Å². The molecule has 0 saturated heterocycles. The summed E-state index contributed by atoms with van der Waals surface area (Å²) in [7, 11) is 0. The SMILES string of the molecule is CC1CCCC(C)(C)CC1. The van der Waals surface area contributed by atoms with Gasteiger partial charge in [-0.25, -0.2) is 0 Å². The quantitative estimate of drug-likeness (QED) is 0.451. The van der Waals surface area contributed by atoms with Crippen molar-refractivity contribution in [3.63, 3.8) is 0 Å². The average Bonchev–Trinajstić information content (AvgIpc) is 1.94. The van der Waals surface area contributed by atoms with E-state index < -0.39 is 0 Å². The van der Waals surface area contributed by atoms with Gasteiger partial charge in [0, 0.05) is 0 Å². The van der Waals surface area contributed by atoms with Crippen LogP contribution in [0, 0.1) is 11.3 Å². The van der Waals surface area contributed by atoms with E-state index in [2.05, 4.69) is 20.8 Å². The second kappa shape index (κ2) is 2.94. The molecule has 0 N–H and O–H groups in total. The Hall–Kier alpha value is 0. The second-order valence-corrected chi connectivity index (χ2v) is 4.70. The van der Waals surface area contributed by atoms with Crippen LogP contribution in [0.15, 0.2) is 0 Å². The van der Waals surface area contributed by atoms with Gasteiger partial charge in [-0.2, -0.15) is 0 Å². The zero-order chi connectivity index (χ0) is 7.61. The van der Waals surface area contributed by atoms with Crippen LogP contribution in [0.3, 0.4) is 0 Å². The Balaban J connectivity index is 2.41. The van der Waals surface area contributed by atoms with Gasteiger partial charge < -0.3 is 0 Å². The van der Waals surface area contributed by atoms with Gasteiger partial charge >= 0.3 is 0 Å². The summed E-state index contributed by atoms with van der Waals surface area (Å²) >= 11 is 0. The van der Waals surface area contributed by atoms with E-state index in [9.17, 15) is 0 Å². The van der Waals surface area contributed by atoms with Crippen molar-refractivity contribution in [1.82, 2.24) is 0 Å². The first kappa shape index (κ1) is 8.10. The molecule has 60 valence electrons. The van der Waals surface area contributed by atoms with Crippen molar-refractivity contribution in [2.24, 2.45) is 11.3 Å². The third-order valence-electron chi connectivity index (χ3n) is 2.86. The van der Waals surface area contributed by atoms with Crippen LogP contribution in [0.5, 0.6) is 0 Å². The molecule has 0 nitrogen and oxygen atoms in total. The summed E-state index contributed by atoms with van der Waals surface area (Å²) in [6, 6.07) is 0. The van der Waals surface area contributed by atoms with Gasteiger partial charge in [-0.05, 0) is 24.2 Å². The predicted molar refractivity (Wildman–Crippen MR) is 46.0 cm³/mol. The summed E-state index contributed by atoms with van der Waals surface area (Å²) in [6.45, 7) is 7.21. The summed E-state index contributed by atoms with van der Waals surface area (Å²) in [6.07, 6.45) is 7.25. The van der Waals surface area contributed by atoms with Gasteiger partial charge in [0.1, 0.15) is 0 Å². The Morgan fingerprint density at radius 3 is 2.50 bits per heavy atom. The maximum absolute atomic E-state index is 2.41. The predicted octanol–water partition coefficient (Wildman–Crippen LogP) is 3.61. The van der Waals surface area contributed by atoms with Gasteiger partial charge in [0.25, 0.3) is 0 Å². The summed E-state index contributed by atoms with van der Waals surface area (Å²) in [5, 5.41) is 0. The van der Waals surface area contributed by atoms with E-state index >= 15 is 0 Å². The Morgan fingerprint density at radius 1 is 1.10 bits per heavy atom. The van der Waals surface area contributed by atoms with Gasteiger partial charge in [0.2, 0.25) is 0 Å². The van der Waals surface area contributed by atoms with E-state index in [0.29, 0.717) is 5.41 Å². The first-order chi connectivity index (χ1) is 4.60. The average molecular weight is 140 g/mol. The van der Waals surface area contributed by atoms with E-state index in [-0.39, 0.29) is 0 Å². The molecule has 0 aromatic rings. The molecule has 0 amide bonds. The summed E-state index contributed by atoms with van der Waals surface area (Å²) in [5.41, 5.74) is 0.644. The van der Waals surface area contributed by atoms with E-state index in [1.807, 2.05) is 0 Å². The van der Waals surface area contributed by atoms with Crippen molar-refractivity contribution in [3.8, 4) is 0 Å². The standard InChI is InChI=1S/C10H20/c1-9-5-4-7-10(2,3)8-6-9/h9H,4-8H2,1-3H3. The van der Waals surface area contributed by atoms with Gasteiger partial charge in [0.05, 0.1) is 0 Å². The van der Waals surface area contributed by atoms with Crippen LogP contribution in [0.2, 0.25) is 0 Å². The van der Waals surface area contributed by atoms with Gasteiger partial charge in [-0.3, -0.25) is 0 Å². The molecule has 1 fully saturated rings. The van der Waals surface area contributed by atoms with Gasteiger partial charge in [-0.15, -0.1) is 0 Å². The minimum Gasteiger partial charge on any atom is -0.0625 e. The van der Waals surface area contributed by atoms with Crippen molar-refractivity contribution in [1.29, 1.82) is 0 Å². The molecule has 1 aliphatic carbocycles. The third kappa shape index (κ3) is 2.32. The summed E-state index contributed by atoms with van der Waals surface area (Å²) < 4.78 is 0. The number of hydrogen-bond donors (Lipinski definition) is 0. The maximum Gasteiger partial charge on any atom is -0.0354 e. The molecule has 0 bridgehead atoms. The summed E-state index contributed by atoms with van der Waals surface area (Å²) in [5.74, 6) is 0.988. The molecule has 1 saturated carbocycles. The summed E-state index contributed by atoms with van der Waals surface area (Å²) in [4.78, 5) is 0. The van der Waals surface area contributed by atoms with E-state index in [4.69, 9.17) is 0 Å². The lowest BCUT2D eigenvalue weighted by molar-refractivity contribution is 0.310. The maximum atomic E-state index is 2.41. The highest BCUT2D eigenvalue weighted by Crippen LogP contribution is 2.35. The molecule has 0 aromatic carbocycles. The molecule has 0 heterocycles. The third-order valence-corrected chi connectivity index (χ3v) is 2.86. The Labute approximate surface area is 65.0 Å². The Kier molecular flexibility index (Phi) is 2.38. The molecule has 0 aliphatic heterocycles. The van der Waals surface area contributed by atoms with Crippen molar-refractivity contribution < 1.29 is 0 Å². The lowest BCUT2D eigenvalue weighted by atomic mass is 9.85. The molecule has 0 radical (unpaired) electrons. The topological polar surface area (TPSA) is 0 Å². The zero-order valence-electron chi connectivity index (χ0n) is 7.61. The normalized spacial score (nSPS) is 33.3. The monoisotopic (exact) mass is 140 g/mol. The number of rotatable bonds is 0. The Morgan fingerprint density at radius 2 is 1.80 bits per heavy atom.